The van der Waals surface area contributed by atoms with Gasteiger partial charge < -0.3 is 15.4 Å². The van der Waals surface area contributed by atoms with E-state index in [4.69, 9.17) is 4.74 Å². The van der Waals surface area contributed by atoms with Gasteiger partial charge in [0.2, 0.25) is 5.91 Å². The summed E-state index contributed by atoms with van der Waals surface area (Å²) in [6.07, 6.45) is 6.47. The van der Waals surface area contributed by atoms with E-state index in [1.807, 2.05) is 13.8 Å². The molecule has 5 rings (SSSR count). The predicted octanol–water partition coefficient (Wildman–Crippen LogP) is 3.39. The molecule has 5 heteroatoms. The Balaban J connectivity index is 1.41. The average molecular weight is 385 g/mol. The topological polar surface area (TPSA) is 67.4 Å². The van der Waals surface area contributed by atoms with Crippen LogP contribution in [0.3, 0.4) is 0 Å². The molecule has 0 aromatic heterocycles. The van der Waals surface area contributed by atoms with E-state index in [-0.39, 0.29) is 17.7 Å². The fourth-order valence-corrected chi connectivity index (χ4v) is 5.92. The number of methoxy groups -OCH3 is 1. The van der Waals surface area contributed by atoms with E-state index < -0.39 is 6.04 Å². The average Bonchev–Trinajstić information content (AvgIpc) is 2.67. The van der Waals surface area contributed by atoms with Gasteiger partial charge in [-0.15, -0.1) is 0 Å². The second-order valence-corrected chi connectivity index (χ2v) is 9.39. The first-order chi connectivity index (χ1) is 13.4. The Bertz CT molecular complexity index is 700. The summed E-state index contributed by atoms with van der Waals surface area (Å²) in [5.41, 5.74) is 0.536. The van der Waals surface area contributed by atoms with Crippen molar-refractivity contribution in [2.24, 2.45) is 29.6 Å². The Morgan fingerprint density at radius 1 is 0.964 bits per heavy atom. The number of hydrogen-bond donors (Lipinski definition) is 2. The summed E-state index contributed by atoms with van der Waals surface area (Å²) in [4.78, 5) is 25.8. The van der Waals surface area contributed by atoms with Gasteiger partial charge in [0, 0.05) is 11.6 Å². The molecule has 4 saturated carbocycles. The van der Waals surface area contributed by atoms with Crippen molar-refractivity contribution in [2.75, 3.05) is 7.11 Å². The molecule has 1 aromatic carbocycles. The van der Waals surface area contributed by atoms with Crippen LogP contribution in [-0.2, 0) is 4.79 Å². The lowest BCUT2D eigenvalue weighted by Gasteiger charge is -2.54. The maximum Gasteiger partial charge on any atom is 0.251 e. The Hall–Kier alpha value is -2.04. The van der Waals surface area contributed by atoms with Gasteiger partial charge in [-0.2, -0.15) is 0 Å². The molecule has 2 N–H and O–H groups in total. The molecule has 0 heterocycles. The molecule has 2 amide bonds. The molecule has 5 nitrogen and oxygen atoms in total. The first kappa shape index (κ1) is 19.3. The van der Waals surface area contributed by atoms with Gasteiger partial charge in [0.15, 0.2) is 0 Å². The summed E-state index contributed by atoms with van der Waals surface area (Å²) in [6.45, 7) is 3.96. The van der Waals surface area contributed by atoms with Crippen LogP contribution in [0.15, 0.2) is 24.3 Å². The van der Waals surface area contributed by atoms with Gasteiger partial charge in [-0.25, -0.2) is 0 Å². The minimum Gasteiger partial charge on any atom is -0.497 e. The molecule has 0 saturated heterocycles. The first-order valence-electron chi connectivity index (χ1n) is 10.7. The minimum atomic E-state index is -0.521. The van der Waals surface area contributed by atoms with Crippen molar-refractivity contribution >= 4 is 11.8 Å². The molecule has 0 aliphatic heterocycles. The molecule has 0 radical (unpaired) electrons. The third-order valence-corrected chi connectivity index (χ3v) is 7.12. The summed E-state index contributed by atoms with van der Waals surface area (Å²) in [5, 5.41) is 6.30. The molecule has 4 bridgehead atoms. The Labute approximate surface area is 167 Å². The lowest BCUT2D eigenvalue weighted by molar-refractivity contribution is -0.127. The monoisotopic (exact) mass is 384 g/mol. The van der Waals surface area contributed by atoms with Crippen LogP contribution in [0.1, 0.15) is 56.3 Å². The van der Waals surface area contributed by atoms with Crippen molar-refractivity contribution in [3.8, 4) is 5.75 Å². The maximum absolute atomic E-state index is 13.1. The van der Waals surface area contributed by atoms with Gasteiger partial charge >= 0.3 is 0 Å². The zero-order valence-electron chi connectivity index (χ0n) is 17.1. The van der Waals surface area contributed by atoms with Crippen molar-refractivity contribution in [2.45, 2.75) is 58.0 Å². The number of benzene rings is 1. The molecule has 28 heavy (non-hydrogen) atoms. The predicted molar refractivity (Wildman–Crippen MR) is 108 cm³/mol. The number of carbonyl (C=O) groups excluding carboxylic acids is 2. The van der Waals surface area contributed by atoms with Crippen LogP contribution in [0.2, 0.25) is 0 Å². The van der Waals surface area contributed by atoms with Crippen LogP contribution < -0.4 is 15.4 Å². The maximum atomic E-state index is 13.1. The van der Waals surface area contributed by atoms with Crippen LogP contribution in [0.4, 0.5) is 0 Å². The van der Waals surface area contributed by atoms with Gasteiger partial charge in [0.25, 0.3) is 5.91 Å². The Kier molecular flexibility index (Phi) is 5.35. The normalized spacial score (nSPS) is 31.5. The standard InChI is InChI=1S/C23H32N2O3/c1-13(2)20(24-22(26)16-4-6-19(28-3)7-5-16)23(27)25-21-17-9-14-8-15(11-17)12-18(21)10-14/h4-7,13-15,17-18,20-21H,8-12H2,1-3H3,(H,24,26)(H,25,27). The fraction of sp³-hybridized carbons (Fsp3) is 0.652. The summed E-state index contributed by atoms with van der Waals surface area (Å²) in [6, 6.07) is 6.73. The quantitative estimate of drug-likeness (QED) is 0.790. The zero-order valence-corrected chi connectivity index (χ0v) is 17.1. The van der Waals surface area contributed by atoms with Crippen LogP contribution in [-0.4, -0.2) is 31.0 Å². The molecule has 0 spiro atoms. The molecular formula is C23H32N2O3. The SMILES string of the molecule is COc1ccc(C(=O)NC(C(=O)NC2C3CC4CC(C3)CC2C4)C(C)C)cc1. The third-order valence-electron chi connectivity index (χ3n) is 7.12. The largest absolute Gasteiger partial charge is 0.497 e. The number of carbonyl (C=O) groups is 2. The smallest absolute Gasteiger partial charge is 0.251 e. The summed E-state index contributed by atoms with van der Waals surface area (Å²) in [7, 11) is 1.60. The van der Waals surface area contributed by atoms with E-state index in [0.29, 0.717) is 29.2 Å². The molecule has 4 fully saturated rings. The summed E-state index contributed by atoms with van der Waals surface area (Å²) < 4.78 is 5.14. The fourth-order valence-electron chi connectivity index (χ4n) is 5.92. The minimum absolute atomic E-state index is 0.0269. The Morgan fingerprint density at radius 3 is 2.04 bits per heavy atom. The van der Waals surface area contributed by atoms with Gasteiger partial charge in [0.1, 0.15) is 11.8 Å². The first-order valence-corrected chi connectivity index (χ1v) is 10.7. The van der Waals surface area contributed by atoms with Gasteiger partial charge in [-0.3, -0.25) is 9.59 Å². The van der Waals surface area contributed by atoms with Crippen LogP contribution in [0.5, 0.6) is 5.75 Å². The van der Waals surface area contributed by atoms with E-state index in [1.165, 1.54) is 32.1 Å². The highest BCUT2D eigenvalue weighted by Gasteiger charge is 2.49. The molecule has 152 valence electrons. The molecule has 4 aliphatic carbocycles. The zero-order chi connectivity index (χ0) is 19.8. The van der Waals surface area contributed by atoms with Crippen LogP contribution in [0.25, 0.3) is 0 Å². The van der Waals surface area contributed by atoms with Crippen molar-refractivity contribution in [1.82, 2.24) is 10.6 Å². The molecule has 1 atom stereocenters. The van der Waals surface area contributed by atoms with E-state index in [0.717, 1.165) is 11.8 Å². The van der Waals surface area contributed by atoms with Crippen molar-refractivity contribution in [3.63, 3.8) is 0 Å². The number of ether oxygens (including phenoxy) is 1. The summed E-state index contributed by atoms with van der Waals surface area (Å²) in [5.74, 6) is 3.50. The van der Waals surface area contributed by atoms with Gasteiger partial charge in [-0.1, -0.05) is 13.8 Å². The third kappa shape index (κ3) is 3.76. The van der Waals surface area contributed by atoms with E-state index in [2.05, 4.69) is 10.6 Å². The van der Waals surface area contributed by atoms with Gasteiger partial charge in [-0.05, 0) is 86.0 Å². The highest BCUT2D eigenvalue weighted by molar-refractivity contribution is 5.97. The van der Waals surface area contributed by atoms with Crippen molar-refractivity contribution in [3.05, 3.63) is 29.8 Å². The Morgan fingerprint density at radius 2 is 1.54 bits per heavy atom. The highest BCUT2D eigenvalue weighted by Crippen LogP contribution is 2.53. The van der Waals surface area contributed by atoms with Gasteiger partial charge in [0.05, 0.1) is 7.11 Å². The van der Waals surface area contributed by atoms with Crippen LogP contribution in [0, 0.1) is 29.6 Å². The lowest BCUT2D eigenvalue weighted by atomic mass is 9.54. The van der Waals surface area contributed by atoms with E-state index in [1.54, 1.807) is 31.4 Å². The number of amides is 2. The van der Waals surface area contributed by atoms with E-state index in [9.17, 15) is 9.59 Å². The number of rotatable bonds is 6. The van der Waals surface area contributed by atoms with Crippen LogP contribution >= 0.6 is 0 Å². The highest BCUT2D eigenvalue weighted by atomic mass is 16.5. The summed E-state index contributed by atoms with van der Waals surface area (Å²) >= 11 is 0. The van der Waals surface area contributed by atoms with E-state index >= 15 is 0 Å². The molecule has 1 aromatic rings. The second kappa shape index (κ2) is 7.76. The second-order valence-electron chi connectivity index (χ2n) is 9.39. The van der Waals surface area contributed by atoms with Crippen molar-refractivity contribution in [1.29, 1.82) is 0 Å². The number of nitrogens with one attached hydrogen (secondary N) is 2. The number of hydrogen-bond acceptors (Lipinski definition) is 3. The lowest BCUT2D eigenvalue weighted by Crippen LogP contribution is -2.59. The van der Waals surface area contributed by atoms with Crippen molar-refractivity contribution < 1.29 is 14.3 Å². The molecular weight excluding hydrogens is 352 g/mol. The molecule has 4 aliphatic rings. The molecule has 1 unspecified atom stereocenters.